The van der Waals surface area contributed by atoms with E-state index in [1.165, 1.54) is 0 Å². The Bertz CT molecular complexity index is 242. The number of nitrogens with one attached hydrogen (secondary N) is 1. The van der Waals surface area contributed by atoms with Gasteiger partial charge < -0.3 is 15.0 Å². The molecule has 2 bridgehead atoms. The lowest BCUT2D eigenvalue weighted by Crippen LogP contribution is -2.57. The van der Waals surface area contributed by atoms with Gasteiger partial charge in [-0.3, -0.25) is 4.79 Å². The average molecular weight is 233 g/mol. The van der Waals surface area contributed by atoms with Crippen LogP contribution in [0.2, 0.25) is 0 Å². The molecule has 3 aliphatic rings. The Morgan fingerprint density at radius 2 is 1.80 bits per heavy atom. The molecule has 15 heavy (non-hydrogen) atoms. The molecular weight excluding hydrogens is 216 g/mol. The summed E-state index contributed by atoms with van der Waals surface area (Å²) in [7, 11) is 0. The Kier molecular flexibility index (Phi) is 3.19. The summed E-state index contributed by atoms with van der Waals surface area (Å²) in [4.78, 5) is 14.2. The lowest BCUT2D eigenvalue weighted by molar-refractivity contribution is -0.147. The summed E-state index contributed by atoms with van der Waals surface area (Å²) in [5.74, 6) is 0.607. The minimum absolute atomic E-state index is 0. The van der Waals surface area contributed by atoms with Crippen LogP contribution in [0.4, 0.5) is 0 Å². The summed E-state index contributed by atoms with van der Waals surface area (Å²) in [6.45, 7) is 3.25. The van der Waals surface area contributed by atoms with Gasteiger partial charge in [-0.2, -0.15) is 0 Å². The predicted molar refractivity (Wildman–Crippen MR) is 58.1 cm³/mol. The molecule has 5 heteroatoms. The molecule has 3 rings (SSSR count). The van der Waals surface area contributed by atoms with Crippen LogP contribution in [0.3, 0.4) is 0 Å². The molecule has 3 aliphatic heterocycles. The van der Waals surface area contributed by atoms with E-state index < -0.39 is 0 Å². The van der Waals surface area contributed by atoms with Crippen molar-refractivity contribution in [2.75, 3.05) is 26.3 Å². The van der Waals surface area contributed by atoms with E-state index in [1.54, 1.807) is 0 Å². The van der Waals surface area contributed by atoms with Crippen molar-refractivity contribution in [3.8, 4) is 0 Å². The van der Waals surface area contributed by atoms with Crippen LogP contribution in [0, 0.1) is 5.92 Å². The molecule has 3 fully saturated rings. The minimum Gasteiger partial charge on any atom is -0.377 e. The molecule has 0 spiro atoms. The highest BCUT2D eigenvalue weighted by Gasteiger charge is 2.43. The second-order valence-electron chi connectivity index (χ2n) is 4.52. The molecule has 2 unspecified atom stereocenters. The minimum atomic E-state index is 0. The molecule has 1 N–H and O–H groups in total. The van der Waals surface area contributed by atoms with Gasteiger partial charge in [-0.25, -0.2) is 0 Å². The topological polar surface area (TPSA) is 41.6 Å². The quantitative estimate of drug-likeness (QED) is 0.693. The summed E-state index contributed by atoms with van der Waals surface area (Å²) < 4.78 is 5.46. The number of morpholine rings is 1. The third-order valence-electron chi connectivity index (χ3n) is 3.63. The first-order valence-electron chi connectivity index (χ1n) is 5.47. The van der Waals surface area contributed by atoms with Crippen LogP contribution in [0.15, 0.2) is 0 Å². The highest BCUT2D eigenvalue weighted by molar-refractivity contribution is 5.85. The number of halogens is 1. The summed E-state index contributed by atoms with van der Waals surface area (Å²) in [5.41, 5.74) is 0. The molecule has 3 saturated heterocycles. The number of hydrogen-bond donors (Lipinski definition) is 1. The predicted octanol–water partition coefficient (Wildman–Crippen LogP) is 0.0174. The van der Waals surface area contributed by atoms with Gasteiger partial charge in [0.25, 0.3) is 0 Å². The summed E-state index contributed by atoms with van der Waals surface area (Å²) in [6.07, 6.45) is 2.27. The fourth-order valence-electron chi connectivity index (χ4n) is 2.66. The van der Waals surface area contributed by atoms with Crippen molar-refractivity contribution in [1.82, 2.24) is 10.2 Å². The van der Waals surface area contributed by atoms with Gasteiger partial charge in [-0.05, 0) is 12.8 Å². The molecule has 0 aromatic carbocycles. The highest BCUT2D eigenvalue weighted by atomic mass is 35.5. The van der Waals surface area contributed by atoms with E-state index in [-0.39, 0.29) is 18.3 Å². The summed E-state index contributed by atoms with van der Waals surface area (Å²) in [5, 5.41) is 3.15. The maximum Gasteiger partial charge on any atom is 0.228 e. The standard InChI is InChI=1S/C10H16N2O2.ClH/c13-10(7-3-11-4-7)12-8-1-2-9(12)6-14-5-8;/h7-9,11H,1-6H2;1H. The van der Waals surface area contributed by atoms with Gasteiger partial charge in [0, 0.05) is 13.1 Å². The molecule has 86 valence electrons. The highest BCUT2D eigenvalue weighted by Crippen LogP contribution is 2.30. The van der Waals surface area contributed by atoms with E-state index >= 15 is 0 Å². The number of hydrogen-bond acceptors (Lipinski definition) is 3. The third-order valence-corrected chi connectivity index (χ3v) is 3.63. The first-order chi connectivity index (χ1) is 6.86. The Morgan fingerprint density at radius 3 is 2.27 bits per heavy atom. The number of nitrogens with zero attached hydrogens (tertiary/aromatic N) is 1. The van der Waals surface area contributed by atoms with Crippen LogP contribution in [0.25, 0.3) is 0 Å². The Morgan fingerprint density at radius 1 is 1.20 bits per heavy atom. The molecule has 3 heterocycles. The normalized spacial score (nSPS) is 34.5. The monoisotopic (exact) mass is 232 g/mol. The summed E-state index contributed by atoms with van der Waals surface area (Å²) >= 11 is 0. The van der Waals surface area contributed by atoms with E-state index in [1.807, 2.05) is 0 Å². The molecule has 0 aromatic rings. The van der Waals surface area contributed by atoms with E-state index in [2.05, 4.69) is 10.2 Å². The van der Waals surface area contributed by atoms with E-state index in [0.29, 0.717) is 18.0 Å². The Hall–Kier alpha value is -0.320. The zero-order valence-electron chi connectivity index (χ0n) is 8.65. The van der Waals surface area contributed by atoms with Gasteiger partial charge in [0.05, 0.1) is 31.2 Å². The fourth-order valence-corrected chi connectivity index (χ4v) is 2.66. The molecule has 0 aromatic heterocycles. The number of amides is 1. The van der Waals surface area contributed by atoms with E-state index in [9.17, 15) is 4.79 Å². The molecule has 2 atom stereocenters. The van der Waals surface area contributed by atoms with Crippen molar-refractivity contribution >= 4 is 18.3 Å². The van der Waals surface area contributed by atoms with Crippen LogP contribution in [-0.2, 0) is 9.53 Å². The zero-order chi connectivity index (χ0) is 9.54. The summed E-state index contributed by atoms with van der Waals surface area (Å²) in [6, 6.07) is 0.753. The van der Waals surface area contributed by atoms with Gasteiger partial charge >= 0.3 is 0 Å². The Balaban J connectivity index is 0.000000853. The van der Waals surface area contributed by atoms with Crippen LogP contribution < -0.4 is 5.32 Å². The van der Waals surface area contributed by atoms with Crippen molar-refractivity contribution < 1.29 is 9.53 Å². The van der Waals surface area contributed by atoms with Crippen molar-refractivity contribution in [3.05, 3.63) is 0 Å². The number of rotatable bonds is 1. The van der Waals surface area contributed by atoms with Crippen molar-refractivity contribution in [2.24, 2.45) is 5.92 Å². The van der Waals surface area contributed by atoms with Crippen LogP contribution in [0.5, 0.6) is 0 Å². The van der Waals surface area contributed by atoms with Crippen LogP contribution in [-0.4, -0.2) is 49.2 Å². The average Bonchev–Trinajstić information content (AvgIpc) is 2.33. The van der Waals surface area contributed by atoms with Gasteiger partial charge in [0.1, 0.15) is 0 Å². The van der Waals surface area contributed by atoms with Crippen molar-refractivity contribution in [2.45, 2.75) is 24.9 Å². The first kappa shape index (κ1) is 11.2. The second kappa shape index (κ2) is 4.28. The maximum absolute atomic E-state index is 12.1. The molecule has 4 nitrogen and oxygen atoms in total. The number of fused-ring (bicyclic) bond motifs is 2. The van der Waals surface area contributed by atoms with Crippen LogP contribution >= 0.6 is 12.4 Å². The van der Waals surface area contributed by atoms with Gasteiger partial charge in [0.2, 0.25) is 5.91 Å². The Labute approximate surface area is 95.7 Å². The molecule has 1 amide bonds. The molecular formula is C10H17ClN2O2. The number of ether oxygens (including phenoxy) is 1. The fraction of sp³-hybridized carbons (Fsp3) is 0.900. The lowest BCUT2D eigenvalue weighted by atomic mass is 10.0. The maximum atomic E-state index is 12.1. The zero-order valence-corrected chi connectivity index (χ0v) is 9.46. The smallest absolute Gasteiger partial charge is 0.228 e. The second-order valence-corrected chi connectivity index (χ2v) is 4.52. The van der Waals surface area contributed by atoms with Gasteiger partial charge in [0.15, 0.2) is 0 Å². The molecule has 0 radical (unpaired) electrons. The first-order valence-corrected chi connectivity index (χ1v) is 5.47. The van der Waals surface area contributed by atoms with Crippen molar-refractivity contribution in [3.63, 3.8) is 0 Å². The molecule has 0 saturated carbocycles. The van der Waals surface area contributed by atoms with E-state index in [0.717, 1.165) is 39.1 Å². The van der Waals surface area contributed by atoms with E-state index in [4.69, 9.17) is 4.74 Å². The lowest BCUT2D eigenvalue weighted by Gasteiger charge is -2.39. The molecule has 0 aliphatic carbocycles. The van der Waals surface area contributed by atoms with Crippen molar-refractivity contribution in [1.29, 1.82) is 0 Å². The van der Waals surface area contributed by atoms with Gasteiger partial charge in [-0.15, -0.1) is 12.4 Å². The van der Waals surface area contributed by atoms with Crippen LogP contribution in [0.1, 0.15) is 12.8 Å². The third kappa shape index (κ3) is 1.75. The van der Waals surface area contributed by atoms with Gasteiger partial charge in [-0.1, -0.05) is 0 Å². The SMILES string of the molecule is Cl.O=C(C1CNC1)N1C2CCC1COC2. The number of carbonyl (C=O) groups is 1. The largest absolute Gasteiger partial charge is 0.377 e. The number of carbonyl (C=O) groups excluding carboxylic acids is 1.